The van der Waals surface area contributed by atoms with Gasteiger partial charge in [0.15, 0.2) is 0 Å². The fraction of sp³-hybridized carbons (Fsp3) is 0.467. The third-order valence-corrected chi connectivity index (χ3v) is 4.96. The molecule has 0 N–H and O–H groups in total. The maximum absolute atomic E-state index is 12.7. The maximum Gasteiger partial charge on any atom is 0.429 e. The predicted octanol–water partition coefficient (Wildman–Crippen LogP) is 0.827. The fourth-order valence-electron chi connectivity index (χ4n) is 2.38. The van der Waals surface area contributed by atoms with Crippen molar-refractivity contribution in [1.82, 2.24) is 9.31 Å². The molecule has 0 spiro atoms. The summed E-state index contributed by atoms with van der Waals surface area (Å²) < 4.78 is 34.0. The first kappa shape index (κ1) is 19.2. The third kappa shape index (κ3) is 4.09. The van der Waals surface area contributed by atoms with Crippen LogP contribution in [-0.4, -0.2) is 63.6 Å². The molecule has 0 radical (unpaired) electrons. The molecule has 0 aromatic heterocycles. The first-order valence-electron chi connectivity index (χ1n) is 7.55. The number of hydrogen-bond acceptors (Lipinski definition) is 6. The molecular formula is C15H21N3O6S. The Balaban J connectivity index is 2.36. The van der Waals surface area contributed by atoms with Gasteiger partial charge in [0.05, 0.1) is 12.2 Å². The molecule has 0 unspecified atom stereocenters. The monoisotopic (exact) mass is 371 g/mol. The van der Waals surface area contributed by atoms with Crippen molar-refractivity contribution in [3.8, 4) is 0 Å². The Bertz CT molecular complexity index is 757. The number of hydrogen-bond donors (Lipinski definition) is 0. The highest BCUT2D eigenvalue weighted by atomic mass is 32.2. The lowest BCUT2D eigenvalue weighted by atomic mass is 10.1. The average molecular weight is 371 g/mol. The van der Waals surface area contributed by atoms with Crippen LogP contribution < -0.4 is 5.01 Å². The van der Waals surface area contributed by atoms with Crippen molar-refractivity contribution in [3.05, 3.63) is 29.3 Å². The van der Waals surface area contributed by atoms with Crippen LogP contribution in [0.5, 0.6) is 0 Å². The molecule has 1 aromatic carbocycles. The van der Waals surface area contributed by atoms with E-state index in [4.69, 9.17) is 8.92 Å². The molecule has 0 bridgehead atoms. The summed E-state index contributed by atoms with van der Waals surface area (Å²) >= 11 is 0. The van der Waals surface area contributed by atoms with Gasteiger partial charge in [0, 0.05) is 14.1 Å². The van der Waals surface area contributed by atoms with Gasteiger partial charge in [0.1, 0.15) is 13.2 Å². The lowest BCUT2D eigenvalue weighted by Gasteiger charge is -2.31. The molecule has 1 aliphatic rings. The van der Waals surface area contributed by atoms with Crippen molar-refractivity contribution in [2.24, 2.45) is 0 Å². The Kier molecular flexibility index (Phi) is 5.65. The Morgan fingerprint density at radius 3 is 2.36 bits per heavy atom. The second-order valence-corrected chi connectivity index (χ2v) is 7.51. The van der Waals surface area contributed by atoms with Gasteiger partial charge in [-0.25, -0.2) is 19.0 Å². The van der Waals surface area contributed by atoms with E-state index in [9.17, 15) is 18.0 Å². The normalized spacial score (nSPS) is 14.8. The van der Waals surface area contributed by atoms with Crippen LogP contribution >= 0.6 is 0 Å². The molecule has 1 saturated heterocycles. The molecule has 0 atom stereocenters. The largest absolute Gasteiger partial charge is 0.446 e. The maximum atomic E-state index is 12.7. The van der Waals surface area contributed by atoms with Crippen molar-refractivity contribution in [3.63, 3.8) is 0 Å². The number of aryl methyl sites for hydroxylation is 2. The number of rotatable bonds is 6. The summed E-state index contributed by atoms with van der Waals surface area (Å²) in [6, 6.07) is 5.41. The van der Waals surface area contributed by atoms with Crippen LogP contribution in [0.1, 0.15) is 11.1 Å². The van der Waals surface area contributed by atoms with Crippen molar-refractivity contribution < 1.29 is 26.9 Å². The van der Waals surface area contributed by atoms with Gasteiger partial charge in [-0.05, 0) is 25.0 Å². The van der Waals surface area contributed by atoms with Gasteiger partial charge >= 0.3 is 16.4 Å². The van der Waals surface area contributed by atoms with E-state index >= 15 is 0 Å². The number of cyclic esters (lactones) is 1. The van der Waals surface area contributed by atoms with Gasteiger partial charge in [-0.15, -0.1) is 0 Å². The Labute approximate surface area is 146 Å². The van der Waals surface area contributed by atoms with Gasteiger partial charge in [0.25, 0.3) is 5.91 Å². The number of nitrogens with zero attached hydrogens (tertiary/aromatic N) is 3. The van der Waals surface area contributed by atoms with Crippen LogP contribution in [0.3, 0.4) is 0 Å². The Hall–Kier alpha value is -2.17. The summed E-state index contributed by atoms with van der Waals surface area (Å²) in [5.41, 5.74) is 2.00. The number of amides is 2. The van der Waals surface area contributed by atoms with E-state index in [0.29, 0.717) is 5.69 Å². The van der Waals surface area contributed by atoms with E-state index < -0.39 is 28.9 Å². The van der Waals surface area contributed by atoms with Gasteiger partial charge in [-0.2, -0.15) is 12.7 Å². The van der Waals surface area contributed by atoms with Crippen molar-refractivity contribution in [2.75, 3.05) is 38.9 Å². The second-order valence-electron chi connectivity index (χ2n) is 5.69. The minimum atomic E-state index is -4.02. The summed E-state index contributed by atoms with van der Waals surface area (Å²) in [5.74, 6) is -0.693. The number of carbonyl (C=O) groups is 2. The SMILES string of the molecule is Cc1cccc(C)c1N(C(=O)COS(=O)(=O)N(C)C)N1CCOC1=O. The summed E-state index contributed by atoms with van der Waals surface area (Å²) in [6.45, 7) is 3.17. The molecule has 25 heavy (non-hydrogen) atoms. The van der Waals surface area contributed by atoms with E-state index in [0.717, 1.165) is 25.4 Å². The smallest absolute Gasteiger partial charge is 0.429 e. The van der Waals surface area contributed by atoms with Gasteiger partial charge in [-0.1, -0.05) is 18.2 Å². The van der Waals surface area contributed by atoms with Crippen LogP contribution in [0.2, 0.25) is 0 Å². The molecular weight excluding hydrogens is 350 g/mol. The molecule has 9 nitrogen and oxygen atoms in total. The molecule has 1 aromatic rings. The number of para-hydroxylation sites is 1. The lowest BCUT2D eigenvalue weighted by Crippen LogP contribution is -2.50. The molecule has 2 rings (SSSR count). The quantitative estimate of drug-likeness (QED) is 0.735. The van der Waals surface area contributed by atoms with Crippen LogP contribution in [0.4, 0.5) is 10.5 Å². The zero-order valence-electron chi connectivity index (χ0n) is 14.6. The molecule has 0 aliphatic carbocycles. The predicted molar refractivity (Wildman–Crippen MR) is 90.0 cm³/mol. The van der Waals surface area contributed by atoms with Crippen molar-refractivity contribution in [1.29, 1.82) is 0 Å². The number of hydrazine groups is 1. The molecule has 10 heteroatoms. The highest BCUT2D eigenvalue weighted by Gasteiger charge is 2.35. The molecule has 1 aliphatic heterocycles. The van der Waals surface area contributed by atoms with Gasteiger partial charge in [-0.3, -0.25) is 4.79 Å². The minimum absolute atomic E-state index is 0.143. The van der Waals surface area contributed by atoms with E-state index in [-0.39, 0.29) is 13.2 Å². The van der Waals surface area contributed by atoms with Crippen LogP contribution in [0, 0.1) is 13.8 Å². The first-order chi connectivity index (χ1) is 11.6. The summed E-state index contributed by atoms with van der Waals surface area (Å²) in [6.07, 6.45) is -0.675. The van der Waals surface area contributed by atoms with E-state index in [1.807, 2.05) is 6.07 Å². The van der Waals surface area contributed by atoms with Gasteiger partial charge < -0.3 is 4.74 Å². The fourth-order valence-corrected chi connectivity index (χ4v) is 2.84. The van der Waals surface area contributed by atoms with Crippen molar-refractivity contribution >= 4 is 28.0 Å². The number of carbonyl (C=O) groups excluding carboxylic acids is 2. The topological polar surface area (TPSA) is 96.5 Å². The molecule has 1 fully saturated rings. The average Bonchev–Trinajstić information content (AvgIpc) is 2.94. The lowest BCUT2D eigenvalue weighted by molar-refractivity contribution is -0.122. The number of anilines is 1. The third-order valence-electron chi connectivity index (χ3n) is 3.65. The minimum Gasteiger partial charge on any atom is -0.446 e. The van der Waals surface area contributed by atoms with Gasteiger partial charge in [0.2, 0.25) is 0 Å². The van der Waals surface area contributed by atoms with Crippen LogP contribution in [0.15, 0.2) is 18.2 Å². The van der Waals surface area contributed by atoms with E-state index in [1.165, 1.54) is 14.1 Å². The summed E-state index contributed by atoms with van der Waals surface area (Å²) in [5, 5.41) is 2.27. The second kappa shape index (κ2) is 7.38. The Morgan fingerprint density at radius 1 is 1.28 bits per heavy atom. The molecule has 138 valence electrons. The zero-order valence-corrected chi connectivity index (χ0v) is 15.4. The molecule has 0 saturated carbocycles. The summed E-state index contributed by atoms with van der Waals surface area (Å²) in [4.78, 5) is 24.7. The number of benzene rings is 1. The highest BCUT2D eigenvalue weighted by molar-refractivity contribution is 7.84. The zero-order chi connectivity index (χ0) is 18.8. The Morgan fingerprint density at radius 2 is 1.88 bits per heavy atom. The van der Waals surface area contributed by atoms with Crippen LogP contribution in [-0.2, 0) is 24.0 Å². The first-order valence-corrected chi connectivity index (χ1v) is 8.92. The van der Waals surface area contributed by atoms with Crippen molar-refractivity contribution in [2.45, 2.75) is 13.8 Å². The summed E-state index contributed by atoms with van der Waals surface area (Å²) in [7, 11) is -1.43. The number of ether oxygens (including phenoxy) is 1. The standard InChI is InChI=1S/C15H21N3O6S/c1-11-6-5-7-12(2)14(11)18(17-8-9-23-15(17)20)13(19)10-24-25(21,22)16(3)4/h5-7H,8-10H2,1-4H3. The molecule has 2 amide bonds. The highest BCUT2D eigenvalue weighted by Crippen LogP contribution is 2.28. The van der Waals surface area contributed by atoms with Crippen LogP contribution in [0.25, 0.3) is 0 Å². The molecule has 1 heterocycles. The van der Waals surface area contributed by atoms with E-state index in [1.54, 1.807) is 26.0 Å². The van der Waals surface area contributed by atoms with E-state index in [2.05, 4.69) is 0 Å².